The zero-order valence-corrected chi connectivity index (χ0v) is 7.55. The van der Waals surface area contributed by atoms with Crippen LogP contribution in [0.1, 0.15) is 32.6 Å². The normalized spacial score (nSPS) is 15.2. The molecule has 68 valence electrons. The highest BCUT2D eigenvalue weighted by molar-refractivity contribution is 5.78. The van der Waals surface area contributed by atoms with Gasteiger partial charge in [0.15, 0.2) is 0 Å². The molecule has 0 atom stereocenters. The van der Waals surface area contributed by atoms with Gasteiger partial charge in [-0.2, -0.15) is 0 Å². The van der Waals surface area contributed by atoms with Crippen LogP contribution in [0, 0.1) is 0 Å². The van der Waals surface area contributed by atoms with Gasteiger partial charge in [0.2, 0.25) is 0 Å². The van der Waals surface area contributed by atoms with E-state index in [-0.39, 0.29) is 0 Å². The van der Waals surface area contributed by atoms with Crippen molar-refractivity contribution in [2.75, 3.05) is 0 Å². The molecule has 0 aromatic heterocycles. The van der Waals surface area contributed by atoms with Crippen molar-refractivity contribution in [3.63, 3.8) is 0 Å². The molecule has 0 aliphatic heterocycles. The van der Waals surface area contributed by atoms with Gasteiger partial charge in [-0.3, -0.25) is 0 Å². The van der Waals surface area contributed by atoms with Crippen LogP contribution in [0.5, 0.6) is 0 Å². The fourth-order valence-electron chi connectivity index (χ4n) is 0.999. The van der Waals surface area contributed by atoms with Gasteiger partial charge in [0.05, 0.1) is 0 Å². The lowest BCUT2D eigenvalue weighted by molar-refractivity contribution is -0.131. The lowest BCUT2D eigenvalue weighted by Gasteiger charge is -2.05. The van der Waals surface area contributed by atoms with Gasteiger partial charge in [0.1, 0.15) is 0 Å². The van der Waals surface area contributed by atoms with Gasteiger partial charge in [-0.1, -0.05) is 18.2 Å². The monoisotopic (exact) mass is 168 g/mol. The highest BCUT2D eigenvalue weighted by Crippen LogP contribution is 2.15. The predicted molar refractivity (Wildman–Crippen MR) is 50.1 cm³/mol. The molecule has 0 fully saturated rings. The van der Waals surface area contributed by atoms with E-state index in [0.29, 0.717) is 0 Å². The van der Waals surface area contributed by atoms with E-state index in [1.165, 1.54) is 25.7 Å². The molecule has 0 radical (unpaired) electrons. The van der Waals surface area contributed by atoms with Crippen molar-refractivity contribution < 1.29 is 9.90 Å². The van der Waals surface area contributed by atoms with Gasteiger partial charge in [-0.15, -0.1) is 0 Å². The lowest BCUT2D eigenvalue weighted by Crippen LogP contribution is -1.85. The summed E-state index contributed by atoms with van der Waals surface area (Å²) in [6.07, 6.45) is 8.69. The van der Waals surface area contributed by atoms with Crippen LogP contribution in [-0.4, -0.2) is 11.1 Å². The van der Waals surface area contributed by atoms with Crippen LogP contribution < -0.4 is 0 Å². The van der Waals surface area contributed by atoms with Crippen LogP contribution >= 0.6 is 0 Å². The number of allylic oxidation sites excluding steroid dienone is 2. The fourth-order valence-corrected chi connectivity index (χ4v) is 0.999. The number of carboxylic acids is 1. The molecule has 0 saturated carbocycles. The standard InChI is InChI=1S/C7H12.C3H4O2/c1-7-5-3-2-4-6-7;1-2-3(4)5/h5H,2-4,6H2,1H3;2H,1H2,(H,4,5). The zero-order valence-electron chi connectivity index (χ0n) is 7.55. The third-order valence-electron chi connectivity index (χ3n) is 1.69. The number of hydrogen-bond donors (Lipinski definition) is 1. The summed E-state index contributed by atoms with van der Waals surface area (Å²) in [5.74, 6) is -0.981. The Kier molecular flexibility index (Phi) is 6.07. The van der Waals surface area contributed by atoms with E-state index in [0.717, 1.165) is 6.08 Å². The van der Waals surface area contributed by atoms with Crippen LogP contribution in [0.2, 0.25) is 0 Å². The molecule has 0 aromatic rings. The maximum Gasteiger partial charge on any atom is 0.327 e. The third-order valence-corrected chi connectivity index (χ3v) is 1.69. The molecule has 1 rings (SSSR count). The summed E-state index contributed by atoms with van der Waals surface area (Å²) < 4.78 is 0. The maximum absolute atomic E-state index is 9.25. The lowest BCUT2D eigenvalue weighted by atomic mass is 10.0. The topological polar surface area (TPSA) is 37.3 Å². The molecule has 2 nitrogen and oxygen atoms in total. The molecule has 0 saturated heterocycles. The van der Waals surface area contributed by atoms with Crippen molar-refractivity contribution in [1.82, 2.24) is 0 Å². The molecule has 0 spiro atoms. The SMILES string of the molecule is C=CC(=O)O.CC1=CCCCC1. The summed E-state index contributed by atoms with van der Waals surface area (Å²) in [6.45, 7) is 5.18. The highest BCUT2D eigenvalue weighted by atomic mass is 16.4. The quantitative estimate of drug-likeness (QED) is 0.483. The van der Waals surface area contributed by atoms with E-state index >= 15 is 0 Å². The smallest absolute Gasteiger partial charge is 0.327 e. The summed E-state index contributed by atoms with van der Waals surface area (Å²) in [5.41, 5.74) is 1.59. The molecular weight excluding hydrogens is 152 g/mol. The van der Waals surface area contributed by atoms with E-state index in [1.807, 2.05) is 0 Å². The molecule has 1 N–H and O–H groups in total. The summed E-state index contributed by atoms with van der Waals surface area (Å²) in [5, 5.41) is 7.60. The van der Waals surface area contributed by atoms with Crippen molar-refractivity contribution in [3.8, 4) is 0 Å². The Morgan fingerprint density at radius 1 is 1.67 bits per heavy atom. The van der Waals surface area contributed by atoms with Crippen LogP contribution in [0.3, 0.4) is 0 Å². The van der Waals surface area contributed by atoms with Gasteiger partial charge in [-0.05, 0) is 32.6 Å². The minimum Gasteiger partial charge on any atom is -0.478 e. The summed E-state index contributed by atoms with van der Waals surface area (Å²) >= 11 is 0. The number of aliphatic carboxylic acids is 1. The van der Waals surface area contributed by atoms with Gasteiger partial charge in [-0.25, -0.2) is 4.79 Å². The van der Waals surface area contributed by atoms with Crippen molar-refractivity contribution >= 4 is 5.97 Å². The Balaban J connectivity index is 0.000000217. The van der Waals surface area contributed by atoms with Crippen LogP contribution in [0.4, 0.5) is 0 Å². The predicted octanol–water partition coefficient (Wildman–Crippen LogP) is 2.76. The minimum absolute atomic E-state index is 0.833. The van der Waals surface area contributed by atoms with Crippen molar-refractivity contribution in [2.45, 2.75) is 32.6 Å². The first-order valence-corrected chi connectivity index (χ1v) is 4.18. The van der Waals surface area contributed by atoms with E-state index in [9.17, 15) is 4.79 Å². The van der Waals surface area contributed by atoms with Crippen molar-refractivity contribution in [3.05, 3.63) is 24.3 Å². The van der Waals surface area contributed by atoms with Gasteiger partial charge < -0.3 is 5.11 Å². The van der Waals surface area contributed by atoms with Gasteiger partial charge in [0.25, 0.3) is 0 Å². The summed E-state index contributed by atoms with van der Waals surface area (Å²) in [4.78, 5) is 9.25. The van der Waals surface area contributed by atoms with Gasteiger partial charge >= 0.3 is 5.97 Å². The third kappa shape index (κ3) is 7.06. The summed E-state index contributed by atoms with van der Waals surface area (Å²) in [6, 6.07) is 0. The van der Waals surface area contributed by atoms with Crippen LogP contribution in [0.25, 0.3) is 0 Å². The Hall–Kier alpha value is -1.05. The molecule has 0 unspecified atom stereocenters. The molecule has 12 heavy (non-hydrogen) atoms. The maximum atomic E-state index is 9.25. The number of rotatable bonds is 1. The largest absolute Gasteiger partial charge is 0.478 e. The Bertz CT molecular complexity index is 180. The van der Waals surface area contributed by atoms with E-state index in [4.69, 9.17) is 5.11 Å². The van der Waals surface area contributed by atoms with E-state index in [1.54, 1.807) is 5.57 Å². The number of hydrogen-bond acceptors (Lipinski definition) is 1. The first-order valence-electron chi connectivity index (χ1n) is 4.18. The molecular formula is C10H16O2. The molecule has 2 heteroatoms. The Morgan fingerprint density at radius 2 is 2.25 bits per heavy atom. The van der Waals surface area contributed by atoms with Crippen LogP contribution in [-0.2, 0) is 4.79 Å². The molecule has 0 heterocycles. The average molecular weight is 168 g/mol. The van der Waals surface area contributed by atoms with Gasteiger partial charge in [0, 0.05) is 6.08 Å². The first kappa shape index (κ1) is 11.0. The fraction of sp³-hybridized carbons (Fsp3) is 0.500. The Labute approximate surface area is 73.6 Å². The van der Waals surface area contributed by atoms with Crippen molar-refractivity contribution in [2.24, 2.45) is 0 Å². The molecule has 0 bridgehead atoms. The second-order valence-electron chi connectivity index (χ2n) is 2.84. The highest BCUT2D eigenvalue weighted by Gasteiger charge is 1.95. The second kappa shape index (κ2) is 6.65. The number of carboxylic acid groups (broad SMARTS) is 1. The number of carbonyl (C=O) groups is 1. The Morgan fingerprint density at radius 3 is 2.42 bits per heavy atom. The van der Waals surface area contributed by atoms with E-state index < -0.39 is 5.97 Å². The average Bonchev–Trinajstić information content (AvgIpc) is 2.07. The zero-order chi connectivity index (χ0) is 9.40. The molecule has 0 amide bonds. The van der Waals surface area contributed by atoms with Crippen molar-refractivity contribution in [1.29, 1.82) is 0 Å². The minimum atomic E-state index is -0.981. The molecule has 1 aliphatic carbocycles. The second-order valence-corrected chi connectivity index (χ2v) is 2.84. The molecule has 1 aliphatic rings. The van der Waals surface area contributed by atoms with Crippen LogP contribution in [0.15, 0.2) is 24.3 Å². The first-order chi connectivity index (χ1) is 5.66. The summed E-state index contributed by atoms with van der Waals surface area (Å²) in [7, 11) is 0. The van der Waals surface area contributed by atoms with E-state index in [2.05, 4.69) is 19.6 Å². The molecule has 0 aromatic carbocycles.